The van der Waals surface area contributed by atoms with Crippen molar-refractivity contribution < 1.29 is 0 Å². The molecule has 0 saturated heterocycles. The van der Waals surface area contributed by atoms with Crippen molar-refractivity contribution in [1.82, 2.24) is 0 Å². The Hall–Kier alpha value is -8.59. The Kier molecular flexibility index (Phi) is 10.6. The van der Waals surface area contributed by atoms with E-state index in [0.29, 0.717) is 66.8 Å². The van der Waals surface area contributed by atoms with Crippen LogP contribution in [0.5, 0.6) is 0 Å². The van der Waals surface area contributed by atoms with E-state index in [4.69, 9.17) is 26.3 Å². The van der Waals surface area contributed by atoms with E-state index in [2.05, 4.69) is 107 Å². The van der Waals surface area contributed by atoms with Crippen LogP contribution in [0.4, 0.5) is 11.4 Å². The fraction of sp³-hybridized carbons (Fsp3) is 0.115. The van der Waals surface area contributed by atoms with Crippen LogP contribution in [0, 0.1) is 71.6 Å². The molecule has 2 aliphatic rings. The summed E-state index contributed by atoms with van der Waals surface area (Å²) in [5, 5.41) is 44.6. The quantitative estimate of drug-likeness (QED) is 0.0963. The maximum atomic E-state index is 11.1. The first-order valence-electron chi connectivity index (χ1n) is 19.4. The van der Waals surface area contributed by atoms with Crippen molar-refractivity contribution >= 4 is 82.7 Å². The Morgan fingerprint density at radius 3 is 1.44 bits per heavy atom. The molecule has 0 spiro atoms. The van der Waals surface area contributed by atoms with Gasteiger partial charge >= 0.3 is 0 Å². The SMILES string of the molecule is [C-]#[N+]C1=C(c2ccc([Si](C)(C)C)cc2)/C(=C(/C#N)c2cc(C#N)cc([N+]#[C-])c2)c2cc3c(cc21)C(C#N)=C(c1ccc([Si](C)(C)C)cc1)/C3=C(/[N+]#[C-])c1cc(C#N)cc([N+]#[C-])c1. The molecule has 62 heavy (non-hydrogen) atoms. The van der Waals surface area contributed by atoms with Gasteiger partial charge in [-0.15, -0.1) is 0 Å². The van der Waals surface area contributed by atoms with Gasteiger partial charge in [0.05, 0.1) is 65.7 Å². The maximum absolute atomic E-state index is 11.1. The summed E-state index contributed by atoms with van der Waals surface area (Å²) >= 11 is 0. The van der Waals surface area contributed by atoms with E-state index >= 15 is 0 Å². The van der Waals surface area contributed by atoms with E-state index in [9.17, 15) is 21.0 Å². The summed E-state index contributed by atoms with van der Waals surface area (Å²) in [4.78, 5) is 15.3. The molecule has 0 aromatic heterocycles. The first-order valence-corrected chi connectivity index (χ1v) is 26.4. The molecule has 0 aliphatic heterocycles. The van der Waals surface area contributed by atoms with Crippen molar-refractivity contribution in [3.8, 4) is 24.3 Å². The van der Waals surface area contributed by atoms with Gasteiger partial charge in [-0.05, 0) is 97.1 Å². The minimum absolute atomic E-state index is 0.121. The van der Waals surface area contributed by atoms with Gasteiger partial charge < -0.3 is 0 Å². The lowest BCUT2D eigenvalue weighted by Gasteiger charge is -2.19. The Morgan fingerprint density at radius 1 is 0.500 bits per heavy atom. The van der Waals surface area contributed by atoms with Gasteiger partial charge in [-0.1, -0.05) is 116 Å². The molecule has 0 radical (unpaired) electrons. The van der Waals surface area contributed by atoms with Crippen LogP contribution in [0.2, 0.25) is 39.3 Å². The summed E-state index contributed by atoms with van der Waals surface area (Å²) < 4.78 is 0. The van der Waals surface area contributed by atoms with Crippen molar-refractivity contribution in [3.05, 3.63) is 198 Å². The summed E-state index contributed by atoms with van der Waals surface area (Å²) in [6.07, 6.45) is 0. The third-order valence-electron chi connectivity index (χ3n) is 11.1. The molecule has 0 fully saturated rings. The molecule has 2 aliphatic carbocycles. The second-order valence-electron chi connectivity index (χ2n) is 17.0. The molecular formula is C52H34N8Si2. The van der Waals surface area contributed by atoms with Gasteiger partial charge in [0.2, 0.25) is 11.4 Å². The Labute approximate surface area is 364 Å². The van der Waals surface area contributed by atoms with Gasteiger partial charge in [0.15, 0.2) is 11.4 Å². The van der Waals surface area contributed by atoms with Gasteiger partial charge in [0.1, 0.15) is 12.1 Å². The third kappa shape index (κ3) is 7.13. The molecule has 7 rings (SSSR count). The largest absolute Gasteiger partial charge is 0.238 e. The monoisotopic (exact) mass is 826 g/mol. The van der Waals surface area contributed by atoms with Crippen LogP contribution < -0.4 is 10.4 Å². The van der Waals surface area contributed by atoms with Gasteiger partial charge in [-0.25, -0.2) is 19.4 Å². The smallest absolute Gasteiger partial charge is 0.203 e. The molecule has 10 heteroatoms. The van der Waals surface area contributed by atoms with Crippen molar-refractivity contribution in [2.24, 2.45) is 0 Å². The molecule has 290 valence electrons. The highest BCUT2D eigenvalue weighted by Gasteiger charge is 2.38. The molecule has 8 nitrogen and oxygen atoms in total. The fourth-order valence-electron chi connectivity index (χ4n) is 8.07. The number of hydrogen-bond acceptors (Lipinski definition) is 4. The van der Waals surface area contributed by atoms with Crippen LogP contribution >= 0.6 is 0 Å². The standard InChI is InChI=1S/C52H34N8Si2/c1-57-37-21-31(27-53)19-35(23-37)45(29-55)49-43-26-42-41(25-44(43)52(60-4)48(49)34-13-17-40(18-14-34)62(8,9)10)46(30-56)47(33-11-15-39(16-12-33)61(5,6)7)50(42)51(59-3)36-20-32(28-54)22-38(24-36)58-2/h11-26H,5-10H3/b49-45-,51-50+. The highest BCUT2D eigenvalue weighted by atomic mass is 28.3. The molecule has 0 N–H and O–H groups in total. The normalized spacial score (nSPS) is 14.4. The lowest BCUT2D eigenvalue weighted by atomic mass is 9.87. The highest BCUT2D eigenvalue weighted by Crippen LogP contribution is 2.56. The van der Waals surface area contributed by atoms with Gasteiger partial charge in [0.25, 0.3) is 0 Å². The van der Waals surface area contributed by atoms with Gasteiger partial charge in [-0.3, -0.25) is 0 Å². The van der Waals surface area contributed by atoms with E-state index in [-0.39, 0.29) is 45.0 Å². The molecule has 5 aromatic carbocycles. The zero-order valence-electron chi connectivity index (χ0n) is 34.8. The molecule has 0 saturated carbocycles. The van der Waals surface area contributed by atoms with Crippen LogP contribution in [0.25, 0.3) is 64.2 Å². The number of allylic oxidation sites excluding steroid dienone is 6. The van der Waals surface area contributed by atoms with Crippen molar-refractivity contribution in [2.45, 2.75) is 39.3 Å². The summed E-state index contributed by atoms with van der Waals surface area (Å²) in [6.45, 7) is 46.3. The zero-order chi connectivity index (χ0) is 44.7. The number of nitrogens with zero attached hydrogens (tertiary/aromatic N) is 8. The molecule has 0 amide bonds. The first-order chi connectivity index (χ1) is 29.6. The second kappa shape index (κ2) is 15.9. The Bertz CT molecular complexity index is 3020. The fourth-order valence-corrected chi connectivity index (χ4v) is 10.4. The predicted molar refractivity (Wildman–Crippen MR) is 252 cm³/mol. The lowest BCUT2D eigenvalue weighted by Crippen LogP contribution is -2.37. The second-order valence-corrected chi connectivity index (χ2v) is 27.1. The highest BCUT2D eigenvalue weighted by molar-refractivity contribution is 6.89. The number of hydrogen-bond donors (Lipinski definition) is 0. The van der Waals surface area contributed by atoms with E-state index in [0.717, 1.165) is 0 Å². The molecule has 0 heterocycles. The van der Waals surface area contributed by atoms with Crippen LogP contribution in [0.3, 0.4) is 0 Å². The number of fused-ring (bicyclic) bond motifs is 2. The molecule has 0 bridgehead atoms. The van der Waals surface area contributed by atoms with Gasteiger partial charge in [-0.2, -0.15) is 21.0 Å². The van der Waals surface area contributed by atoms with Crippen molar-refractivity contribution in [1.29, 1.82) is 21.0 Å². The van der Waals surface area contributed by atoms with E-state index in [1.807, 2.05) is 30.3 Å². The average molecular weight is 827 g/mol. The number of rotatable bonds is 6. The van der Waals surface area contributed by atoms with Crippen molar-refractivity contribution in [2.75, 3.05) is 0 Å². The van der Waals surface area contributed by atoms with E-state index < -0.39 is 16.1 Å². The summed E-state index contributed by atoms with van der Waals surface area (Å²) in [7, 11) is -3.47. The summed E-state index contributed by atoms with van der Waals surface area (Å²) in [5.41, 5.74) is 7.41. The summed E-state index contributed by atoms with van der Waals surface area (Å²) in [6, 6.07) is 37.9. The lowest BCUT2D eigenvalue weighted by molar-refractivity contribution is 1.47. The molecule has 0 atom stereocenters. The number of benzene rings is 5. The van der Waals surface area contributed by atoms with Crippen LogP contribution in [0.15, 0.2) is 97.1 Å². The molecule has 5 aromatic rings. The van der Waals surface area contributed by atoms with Crippen molar-refractivity contribution in [3.63, 3.8) is 0 Å². The average Bonchev–Trinajstić information content (AvgIpc) is 3.76. The predicted octanol–water partition coefficient (Wildman–Crippen LogP) is 12.1. The van der Waals surface area contributed by atoms with E-state index in [1.54, 1.807) is 30.3 Å². The van der Waals surface area contributed by atoms with Crippen LogP contribution in [-0.2, 0) is 0 Å². The minimum atomic E-state index is -1.74. The van der Waals surface area contributed by atoms with Crippen LogP contribution in [-0.4, -0.2) is 16.1 Å². The van der Waals surface area contributed by atoms with E-state index in [1.165, 1.54) is 22.5 Å². The van der Waals surface area contributed by atoms with Gasteiger partial charge in [0, 0.05) is 11.1 Å². The Balaban J connectivity index is 1.65. The molecule has 0 unspecified atom stereocenters. The molecular weight excluding hydrogens is 793 g/mol. The third-order valence-corrected chi connectivity index (χ3v) is 15.3. The van der Waals surface area contributed by atoms with Crippen LogP contribution in [0.1, 0.15) is 55.6 Å². The zero-order valence-corrected chi connectivity index (χ0v) is 36.8. The minimum Gasteiger partial charge on any atom is -0.238 e. The number of nitriles is 4. The Morgan fingerprint density at radius 2 is 0.984 bits per heavy atom. The topological polar surface area (TPSA) is 113 Å². The maximum Gasteiger partial charge on any atom is 0.203 e. The summed E-state index contributed by atoms with van der Waals surface area (Å²) in [5.74, 6) is 0. The first kappa shape index (κ1) is 41.6.